The van der Waals surface area contributed by atoms with Gasteiger partial charge < -0.3 is 0 Å². The summed E-state index contributed by atoms with van der Waals surface area (Å²) in [6.07, 6.45) is 3.57. The predicted molar refractivity (Wildman–Crippen MR) is 82.9 cm³/mol. The highest BCUT2D eigenvalue weighted by Crippen LogP contribution is 2.26. The van der Waals surface area contributed by atoms with Crippen molar-refractivity contribution in [2.45, 2.75) is 0 Å². The Labute approximate surface area is 127 Å². The normalized spacial score (nSPS) is 10.5. The SMILES string of the molecule is Clc1ccc(-c2cnc(-c3ccccc3Cl)nc2)cc1. The second-order valence-corrected chi connectivity index (χ2v) is 5.13. The zero-order valence-corrected chi connectivity index (χ0v) is 11.9. The molecule has 1 heterocycles. The number of benzene rings is 2. The second kappa shape index (κ2) is 5.61. The summed E-state index contributed by atoms with van der Waals surface area (Å²) in [5.74, 6) is 0.619. The van der Waals surface area contributed by atoms with Gasteiger partial charge in [0.25, 0.3) is 0 Å². The predicted octanol–water partition coefficient (Wildman–Crippen LogP) is 5.12. The number of hydrogen-bond donors (Lipinski definition) is 0. The Bertz CT molecular complexity index is 722. The van der Waals surface area contributed by atoms with Gasteiger partial charge in [-0.05, 0) is 29.8 Å². The molecule has 0 N–H and O–H groups in total. The molecular weight excluding hydrogens is 291 g/mol. The average molecular weight is 301 g/mol. The van der Waals surface area contributed by atoms with Crippen molar-refractivity contribution in [3.8, 4) is 22.5 Å². The molecule has 2 aromatic carbocycles. The van der Waals surface area contributed by atoms with Crippen LogP contribution in [0.2, 0.25) is 10.0 Å². The number of halogens is 2. The fourth-order valence-electron chi connectivity index (χ4n) is 1.90. The maximum Gasteiger partial charge on any atom is 0.160 e. The molecule has 0 aliphatic carbocycles. The van der Waals surface area contributed by atoms with E-state index in [0.717, 1.165) is 16.7 Å². The summed E-state index contributed by atoms with van der Waals surface area (Å²) in [5, 5.41) is 1.36. The first kappa shape index (κ1) is 13.1. The van der Waals surface area contributed by atoms with E-state index in [1.54, 1.807) is 12.4 Å². The molecule has 3 rings (SSSR count). The van der Waals surface area contributed by atoms with Gasteiger partial charge in [-0.3, -0.25) is 0 Å². The molecule has 0 fully saturated rings. The van der Waals surface area contributed by atoms with Crippen LogP contribution in [-0.2, 0) is 0 Å². The van der Waals surface area contributed by atoms with E-state index in [2.05, 4.69) is 9.97 Å². The Morgan fingerprint density at radius 3 is 2.00 bits per heavy atom. The van der Waals surface area contributed by atoms with Crippen molar-refractivity contribution in [3.63, 3.8) is 0 Å². The number of rotatable bonds is 2. The minimum absolute atomic E-state index is 0.619. The van der Waals surface area contributed by atoms with E-state index in [1.165, 1.54) is 0 Å². The van der Waals surface area contributed by atoms with Crippen LogP contribution in [0.25, 0.3) is 22.5 Å². The molecule has 0 radical (unpaired) electrons. The second-order valence-electron chi connectivity index (χ2n) is 4.28. The molecule has 0 unspecified atom stereocenters. The lowest BCUT2D eigenvalue weighted by atomic mass is 10.1. The van der Waals surface area contributed by atoms with E-state index in [-0.39, 0.29) is 0 Å². The largest absolute Gasteiger partial charge is 0.236 e. The molecule has 0 aliphatic heterocycles. The molecule has 0 saturated heterocycles. The minimum atomic E-state index is 0.619. The first-order chi connectivity index (χ1) is 9.74. The minimum Gasteiger partial charge on any atom is -0.236 e. The Balaban J connectivity index is 1.96. The van der Waals surface area contributed by atoms with Gasteiger partial charge in [0.1, 0.15) is 0 Å². The van der Waals surface area contributed by atoms with Crippen LogP contribution in [0.1, 0.15) is 0 Å². The summed E-state index contributed by atoms with van der Waals surface area (Å²) < 4.78 is 0. The fraction of sp³-hybridized carbons (Fsp3) is 0. The topological polar surface area (TPSA) is 25.8 Å². The molecule has 0 aliphatic rings. The standard InChI is InChI=1S/C16H10Cl2N2/c17-13-7-5-11(6-8-13)12-9-19-16(20-10-12)14-3-1-2-4-15(14)18/h1-10H. The third-order valence-electron chi connectivity index (χ3n) is 2.94. The maximum atomic E-state index is 6.14. The summed E-state index contributed by atoms with van der Waals surface area (Å²) in [4.78, 5) is 8.76. The van der Waals surface area contributed by atoms with Crippen LogP contribution in [0.3, 0.4) is 0 Å². The third-order valence-corrected chi connectivity index (χ3v) is 3.53. The molecule has 0 amide bonds. The van der Waals surface area contributed by atoms with Crippen LogP contribution in [0.4, 0.5) is 0 Å². The lowest BCUT2D eigenvalue weighted by Crippen LogP contribution is -1.90. The van der Waals surface area contributed by atoms with Crippen molar-refractivity contribution in [1.29, 1.82) is 0 Å². The van der Waals surface area contributed by atoms with Crippen molar-refractivity contribution >= 4 is 23.2 Å². The monoisotopic (exact) mass is 300 g/mol. The van der Waals surface area contributed by atoms with E-state index in [0.29, 0.717) is 15.9 Å². The molecule has 0 atom stereocenters. The van der Waals surface area contributed by atoms with Crippen LogP contribution in [0, 0.1) is 0 Å². The smallest absolute Gasteiger partial charge is 0.160 e. The van der Waals surface area contributed by atoms with Crippen molar-refractivity contribution in [1.82, 2.24) is 9.97 Å². The van der Waals surface area contributed by atoms with Crippen molar-refractivity contribution in [2.24, 2.45) is 0 Å². The van der Waals surface area contributed by atoms with Crippen LogP contribution in [0.5, 0.6) is 0 Å². The summed E-state index contributed by atoms with van der Waals surface area (Å²) >= 11 is 12.0. The van der Waals surface area contributed by atoms with Crippen molar-refractivity contribution in [2.75, 3.05) is 0 Å². The molecule has 98 valence electrons. The Morgan fingerprint density at radius 2 is 1.35 bits per heavy atom. The van der Waals surface area contributed by atoms with Gasteiger partial charge in [-0.25, -0.2) is 9.97 Å². The van der Waals surface area contributed by atoms with Crippen molar-refractivity contribution in [3.05, 3.63) is 71.0 Å². The fourth-order valence-corrected chi connectivity index (χ4v) is 2.25. The first-order valence-corrected chi connectivity index (χ1v) is 6.82. The van der Waals surface area contributed by atoms with Gasteiger partial charge in [0.2, 0.25) is 0 Å². The quantitative estimate of drug-likeness (QED) is 0.656. The lowest BCUT2D eigenvalue weighted by molar-refractivity contribution is 1.18. The molecule has 1 aromatic heterocycles. The first-order valence-electron chi connectivity index (χ1n) is 6.07. The Morgan fingerprint density at radius 1 is 0.700 bits per heavy atom. The highest BCUT2D eigenvalue weighted by molar-refractivity contribution is 6.33. The Kier molecular flexibility index (Phi) is 3.68. The molecular formula is C16H10Cl2N2. The maximum absolute atomic E-state index is 6.14. The van der Waals surface area contributed by atoms with Crippen molar-refractivity contribution < 1.29 is 0 Å². The molecule has 3 aromatic rings. The number of nitrogens with zero attached hydrogens (tertiary/aromatic N) is 2. The number of aromatic nitrogens is 2. The van der Waals surface area contributed by atoms with E-state index in [4.69, 9.17) is 23.2 Å². The summed E-state index contributed by atoms with van der Waals surface area (Å²) in [5.41, 5.74) is 2.80. The van der Waals surface area contributed by atoms with Gasteiger partial charge in [-0.15, -0.1) is 0 Å². The van der Waals surface area contributed by atoms with Gasteiger partial charge in [0, 0.05) is 28.5 Å². The van der Waals surface area contributed by atoms with Crippen LogP contribution in [-0.4, -0.2) is 9.97 Å². The van der Waals surface area contributed by atoms with E-state index in [1.807, 2.05) is 48.5 Å². The highest BCUT2D eigenvalue weighted by atomic mass is 35.5. The van der Waals surface area contributed by atoms with Gasteiger partial charge in [-0.2, -0.15) is 0 Å². The summed E-state index contributed by atoms with van der Waals surface area (Å²) in [6.45, 7) is 0. The molecule has 20 heavy (non-hydrogen) atoms. The third kappa shape index (κ3) is 2.67. The van der Waals surface area contributed by atoms with Gasteiger partial charge in [0.05, 0.1) is 5.02 Å². The van der Waals surface area contributed by atoms with E-state index in [9.17, 15) is 0 Å². The van der Waals surface area contributed by atoms with Crippen LogP contribution >= 0.6 is 23.2 Å². The molecule has 0 saturated carbocycles. The number of hydrogen-bond acceptors (Lipinski definition) is 2. The van der Waals surface area contributed by atoms with Gasteiger partial charge in [-0.1, -0.05) is 47.5 Å². The molecule has 2 nitrogen and oxygen atoms in total. The lowest BCUT2D eigenvalue weighted by Gasteiger charge is -2.04. The average Bonchev–Trinajstić information content (AvgIpc) is 2.49. The van der Waals surface area contributed by atoms with E-state index >= 15 is 0 Å². The molecule has 0 spiro atoms. The van der Waals surface area contributed by atoms with Crippen LogP contribution in [0.15, 0.2) is 60.9 Å². The van der Waals surface area contributed by atoms with E-state index < -0.39 is 0 Å². The van der Waals surface area contributed by atoms with Gasteiger partial charge >= 0.3 is 0 Å². The molecule has 4 heteroatoms. The summed E-state index contributed by atoms with van der Waals surface area (Å²) in [6, 6.07) is 15.1. The van der Waals surface area contributed by atoms with Gasteiger partial charge in [0.15, 0.2) is 5.82 Å². The molecule has 0 bridgehead atoms. The Hall–Kier alpha value is -1.90. The summed E-state index contributed by atoms with van der Waals surface area (Å²) in [7, 11) is 0. The van der Waals surface area contributed by atoms with Crippen LogP contribution < -0.4 is 0 Å². The zero-order chi connectivity index (χ0) is 13.9. The highest BCUT2D eigenvalue weighted by Gasteiger charge is 2.06. The zero-order valence-electron chi connectivity index (χ0n) is 10.4.